The van der Waals surface area contributed by atoms with E-state index < -0.39 is 9.84 Å². The first-order valence-corrected chi connectivity index (χ1v) is 10.7. The van der Waals surface area contributed by atoms with Crippen molar-refractivity contribution in [3.8, 4) is 0 Å². The summed E-state index contributed by atoms with van der Waals surface area (Å²) in [5.41, 5.74) is 1.32. The topological polar surface area (TPSA) is 76.1 Å². The highest BCUT2D eigenvalue weighted by Crippen LogP contribution is 2.28. The number of fused-ring (bicyclic) bond motifs is 1. The maximum atomic E-state index is 13.1. The molecule has 0 aliphatic heterocycles. The number of pyridine rings is 1. The summed E-state index contributed by atoms with van der Waals surface area (Å²) in [6.07, 6.45) is 6.36. The van der Waals surface area contributed by atoms with Crippen molar-refractivity contribution in [2.75, 3.05) is 5.32 Å². The van der Waals surface area contributed by atoms with Gasteiger partial charge in [0.1, 0.15) is 0 Å². The van der Waals surface area contributed by atoms with Gasteiger partial charge in [-0.3, -0.25) is 9.78 Å². The third-order valence-electron chi connectivity index (χ3n) is 4.58. The van der Waals surface area contributed by atoms with Crippen LogP contribution in [0.4, 0.5) is 5.69 Å². The fourth-order valence-corrected chi connectivity index (χ4v) is 4.59. The number of nitrogens with zero attached hydrogens (tertiary/aromatic N) is 1. The van der Waals surface area contributed by atoms with Crippen LogP contribution < -0.4 is 5.32 Å². The van der Waals surface area contributed by atoms with Gasteiger partial charge in [-0.2, -0.15) is 0 Å². The molecule has 0 aliphatic carbocycles. The molecule has 0 atom stereocenters. The van der Waals surface area contributed by atoms with Crippen LogP contribution >= 0.6 is 0 Å². The molecular formula is C24H18N2O3S. The zero-order valence-corrected chi connectivity index (χ0v) is 16.7. The number of rotatable bonds is 5. The van der Waals surface area contributed by atoms with Crippen LogP contribution in [-0.2, 0) is 14.6 Å². The summed E-state index contributed by atoms with van der Waals surface area (Å²) in [7, 11) is -3.69. The molecule has 0 unspecified atom stereocenters. The number of anilines is 1. The Bertz CT molecular complexity index is 1320. The highest BCUT2D eigenvalue weighted by molar-refractivity contribution is 7.91. The minimum Gasteiger partial charge on any atom is -0.323 e. The van der Waals surface area contributed by atoms with Crippen molar-refractivity contribution in [1.29, 1.82) is 0 Å². The smallest absolute Gasteiger partial charge is 0.248 e. The predicted molar refractivity (Wildman–Crippen MR) is 118 cm³/mol. The molecule has 0 saturated heterocycles. The molecule has 4 aromatic rings. The van der Waals surface area contributed by atoms with Crippen molar-refractivity contribution < 1.29 is 13.2 Å². The van der Waals surface area contributed by atoms with E-state index in [1.165, 1.54) is 18.2 Å². The lowest BCUT2D eigenvalue weighted by Crippen LogP contribution is -2.08. The number of carbonyl (C=O) groups is 1. The first-order valence-electron chi connectivity index (χ1n) is 9.26. The number of hydrogen-bond acceptors (Lipinski definition) is 4. The second kappa shape index (κ2) is 8.31. The van der Waals surface area contributed by atoms with Crippen LogP contribution in [-0.4, -0.2) is 19.3 Å². The molecule has 0 bridgehead atoms. The lowest BCUT2D eigenvalue weighted by atomic mass is 10.1. The normalized spacial score (nSPS) is 11.6. The molecule has 1 heterocycles. The zero-order valence-electron chi connectivity index (χ0n) is 15.9. The van der Waals surface area contributed by atoms with Crippen LogP contribution in [0.1, 0.15) is 5.56 Å². The molecule has 30 heavy (non-hydrogen) atoms. The van der Waals surface area contributed by atoms with Gasteiger partial charge >= 0.3 is 0 Å². The molecule has 0 aliphatic rings. The molecule has 4 rings (SSSR count). The monoisotopic (exact) mass is 414 g/mol. The Labute approximate surface area is 174 Å². The molecule has 148 valence electrons. The number of sulfone groups is 1. The molecular weight excluding hydrogens is 396 g/mol. The SMILES string of the molecule is O=C(/C=C/c1cccnc1)Nc1ccc(S(=O)(=O)c2cccc3ccccc23)cc1. The van der Waals surface area contributed by atoms with Gasteiger partial charge in [0, 0.05) is 29.5 Å². The van der Waals surface area contributed by atoms with Crippen molar-refractivity contribution in [2.45, 2.75) is 9.79 Å². The fraction of sp³-hybridized carbons (Fsp3) is 0. The largest absolute Gasteiger partial charge is 0.323 e. The van der Waals surface area contributed by atoms with E-state index >= 15 is 0 Å². The molecule has 0 radical (unpaired) electrons. The molecule has 3 aromatic carbocycles. The Hall–Kier alpha value is -3.77. The first-order chi connectivity index (χ1) is 14.5. The summed E-state index contributed by atoms with van der Waals surface area (Å²) in [5.74, 6) is -0.316. The summed E-state index contributed by atoms with van der Waals surface area (Å²) in [6.45, 7) is 0. The minimum absolute atomic E-state index is 0.169. The van der Waals surface area contributed by atoms with E-state index in [1.807, 2.05) is 30.3 Å². The maximum Gasteiger partial charge on any atom is 0.248 e. The van der Waals surface area contributed by atoms with Crippen LogP contribution in [0.2, 0.25) is 0 Å². The van der Waals surface area contributed by atoms with Gasteiger partial charge in [0.15, 0.2) is 0 Å². The lowest BCUT2D eigenvalue weighted by Gasteiger charge is -2.09. The van der Waals surface area contributed by atoms with Crippen LogP contribution in [0, 0.1) is 0 Å². The molecule has 0 spiro atoms. The fourth-order valence-electron chi connectivity index (χ4n) is 3.10. The van der Waals surface area contributed by atoms with E-state index in [0.717, 1.165) is 10.9 Å². The summed E-state index contributed by atoms with van der Waals surface area (Å²) in [4.78, 5) is 16.5. The molecule has 1 aromatic heterocycles. The second-order valence-electron chi connectivity index (χ2n) is 6.61. The first kappa shape index (κ1) is 19.5. The third kappa shape index (κ3) is 4.14. The van der Waals surface area contributed by atoms with Crippen LogP contribution in [0.5, 0.6) is 0 Å². The van der Waals surface area contributed by atoms with Crippen LogP contribution in [0.15, 0.2) is 107 Å². The highest BCUT2D eigenvalue weighted by atomic mass is 32.2. The van der Waals surface area contributed by atoms with Gasteiger partial charge in [0.2, 0.25) is 15.7 Å². The number of aromatic nitrogens is 1. The van der Waals surface area contributed by atoms with Crippen molar-refractivity contribution in [3.63, 3.8) is 0 Å². The number of amides is 1. The lowest BCUT2D eigenvalue weighted by molar-refractivity contribution is -0.111. The van der Waals surface area contributed by atoms with Crippen LogP contribution in [0.3, 0.4) is 0 Å². The average Bonchev–Trinajstić information content (AvgIpc) is 2.78. The summed E-state index contributed by atoms with van der Waals surface area (Å²) in [5, 5.41) is 4.26. The predicted octanol–water partition coefficient (Wildman–Crippen LogP) is 4.72. The van der Waals surface area contributed by atoms with Crippen molar-refractivity contribution in [1.82, 2.24) is 4.98 Å². The van der Waals surface area contributed by atoms with Crippen molar-refractivity contribution in [2.24, 2.45) is 0 Å². The Morgan fingerprint density at radius 1 is 0.867 bits per heavy atom. The van der Waals surface area contributed by atoms with Crippen molar-refractivity contribution in [3.05, 3.63) is 103 Å². The Kier molecular flexibility index (Phi) is 5.41. The number of carbonyl (C=O) groups excluding carboxylic acids is 1. The second-order valence-corrected chi connectivity index (χ2v) is 8.53. The Balaban J connectivity index is 1.54. The van der Waals surface area contributed by atoms with Gasteiger partial charge in [-0.15, -0.1) is 0 Å². The quantitative estimate of drug-likeness (QED) is 0.480. The molecule has 1 amide bonds. The van der Waals surface area contributed by atoms with Crippen molar-refractivity contribution >= 4 is 38.3 Å². The Morgan fingerprint density at radius 2 is 1.63 bits per heavy atom. The molecule has 6 heteroatoms. The van der Waals surface area contributed by atoms with E-state index in [9.17, 15) is 13.2 Å². The molecule has 1 N–H and O–H groups in total. The van der Waals surface area contributed by atoms with E-state index in [1.54, 1.807) is 54.9 Å². The van der Waals surface area contributed by atoms with Gasteiger partial charge < -0.3 is 5.32 Å². The zero-order chi connectivity index (χ0) is 21.0. The standard InChI is InChI=1S/C24H18N2O3S/c27-24(15-10-18-5-4-16-25-17-18)26-20-11-13-21(14-12-20)30(28,29)23-9-3-7-19-6-1-2-8-22(19)23/h1-17H,(H,26,27)/b15-10+. The summed E-state index contributed by atoms with van der Waals surface area (Å²) in [6, 6.07) is 22.4. The van der Waals surface area contributed by atoms with E-state index in [0.29, 0.717) is 11.1 Å². The number of hydrogen-bond donors (Lipinski definition) is 1. The van der Waals surface area contributed by atoms with Gasteiger partial charge in [-0.05, 0) is 53.4 Å². The third-order valence-corrected chi connectivity index (χ3v) is 6.41. The molecule has 5 nitrogen and oxygen atoms in total. The molecule has 0 fully saturated rings. The number of nitrogens with one attached hydrogen (secondary N) is 1. The Morgan fingerprint density at radius 3 is 2.40 bits per heavy atom. The van der Waals surface area contributed by atoms with Gasteiger partial charge in [0.05, 0.1) is 9.79 Å². The number of benzene rings is 3. The summed E-state index contributed by atoms with van der Waals surface area (Å²) < 4.78 is 26.3. The minimum atomic E-state index is -3.69. The summed E-state index contributed by atoms with van der Waals surface area (Å²) >= 11 is 0. The maximum absolute atomic E-state index is 13.1. The van der Waals surface area contributed by atoms with E-state index in [-0.39, 0.29) is 15.7 Å². The van der Waals surface area contributed by atoms with E-state index in [2.05, 4.69) is 10.3 Å². The van der Waals surface area contributed by atoms with Gasteiger partial charge in [0.25, 0.3) is 0 Å². The van der Waals surface area contributed by atoms with E-state index in [4.69, 9.17) is 0 Å². The van der Waals surface area contributed by atoms with Gasteiger partial charge in [-0.1, -0.05) is 42.5 Å². The van der Waals surface area contributed by atoms with Crippen LogP contribution in [0.25, 0.3) is 16.8 Å². The molecule has 0 saturated carbocycles. The van der Waals surface area contributed by atoms with Gasteiger partial charge in [-0.25, -0.2) is 8.42 Å². The highest BCUT2D eigenvalue weighted by Gasteiger charge is 2.20. The average molecular weight is 414 g/mol.